The van der Waals surface area contributed by atoms with Crippen LogP contribution in [-0.2, 0) is 0 Å². The van der Waals surface area contributed by atoms with Gasteiger partial charge in [-0.05, 0) is 65.2 Å². The standard InChI is InChI=1S/C16H33N3/c1-16(2)9-8-14(17-3)15(11-16)19-10-6-7-13(12-19)18(4)5/h13-15,17H,6-12H2,1-5H3. The van der Waals surface area contributed by atoms with Crippen LogP contribution in [-0.4, -0.2) is 62.2 Å². The zero-order valence-corrected chi connectivity index (χ0v) is 13.6. The third kappa shape index (κ3) is 3.71. The first-order chi connectivity index (χ1) is 8.93. The smallest absolute Gasteiger partial charge is 0.0254 e. The molecule has 112 valence electrons. The maximum Gasteiger partial charge on any atom is 0.0254 e. The molecule has 3 heteroatoms. The lowest BCUT2D eigenvalue weighted by atomic mass is 9.72. The molecular formula is C16H33N3. The van der Waals surface area contributed by atoms with E-state index in [9.17, 15) is 0 Å². The lowest BCUT2D eigenvalue weighted by Crippen LogP contribution is -2.58. The molecule has 1 aliphatic carbocycles. The lowest BCUT2D eigenvalue weighted by molar-refractivity contribution is 0.0297. The number of nitrogens with zero attached hydrogens (tertiary/aromatic N) is 2. The fraction of sp³-hybridized carbons (Fsp3) is 1.00. The van der Waals surface area contributed by atoms with Crippen molar-refractivity contribution in [1.82, 2.24) is 15.1 Å². The number of nitrogens with one attached hydrogen (secondary N) is 1. The summed E-state index contributed by atoms with van der Waals surface area (Å²) in [6.45, 7) is 7.44. The first-order valence-electron chi connectivity index (χ1n) is 8.01. The van der Waals surface area contributed by atoms with Gasteiger partial charge in [-0.2, -0.15) is 0 Å². The van der Waals surface area contributed by atoms with E-state index >= 15 is 0 Å². The summed E-state index contributed by atoms with van der Waals surface area (Å²) >= 11 is 0. The van der Waals surface area contributed by atoms with Gasteiger partial charge in [-0.25, -0.2) is 0 Å². The Morgan fingerprint density at radius 1 is 1.21 bits per heavy atom. The zero-order chi connectivity index (χ0) is 14.0. The molecule has 2 fully saturated rings. The Morgan fingerprint density at radius 3 is 2.58 bits per heavy atom. The summed E-state index contributed by atoms with van der Waals surface area (Å²) in [5.41, 5.74) is 0.517. The maximum atomic E-state index is 3.58. The van der Waals surface area contributed by atoms with Crippen LogP contribution in [0.25, 0.3) is 0 Å². The van der Waals surface area contributed by atoms with Crippen molar-refractivity contribution < 1.29 is 0 Å². The van der Waals surface area contributed by atoms with E-state index in [2.05, 4.69) is 50.1 Å². The van der Waals surface area contributed by atoms with Crippen LogP contribution in [0.4, 0.5) is 0 Å². The van der Waals surface area contributed by atoms with Gasteiger partial charge in [0.25, 0.3) is 0 Å². The van der Waals surface area contributed by atoms with E-state index in [1.807, 2.05) is 0 Å². The average Bonchev–Trinajstić information content (AvgIpc) is 2.38. The Labute approximate surface area is 119 Å². The molecule has 1 heterocycles. The molecule has 19 heavy (non-hydrogen) atoms. The molecule has 2 aliphatic rings. The largest absolute Gasteiger partial charge is 0.315 e. The Bertz CT molecular complexity index is 288. The monoisotopic (exact) mass is 267 g/mol. The highest BCUT2D eigenvalue weighted by Crippen LogP contribution is 2.38. The van der Waals surface area contributed by atoms with E-state index in [1.165, 1.54) is 45.2 Å². The number of likely N-dealkylation sites (tertiary alicyclic amines) is 1. The lowest BCUT2D eigenvalue weighted by Gasteiger charge is -2.49. The molecule has 2 rings (SSSR count). The summed E-state index contributed by atoms with van der Waals surface area (Å²) in [7, 11) is 6.60. The van der Waals surface area contributed by atoms with E-state index in [-0.39, 0.29) is 0 Å². The van der Waals surface area contributed by atoms with Gasteiger partial charge in [0, 0.05) is 24.7 Å². The number of rotatable bonds is 3. The molecule has 0 radical (unpaired) electrons. The van der Waals surface area contributed by atoms with Crippen LogP contribution in [0.1, 0.15) is 46.0 Å². The van der Waals surface area contributed by atoms with Gasteiger partial charge in [0.2, 0.25) is 0 Å². The highest BCUT2D eigenvalue weighted by atomic mass is 15.2. The normalized spacial score (nSPS) is 36.6. The van der Waals surface area contributed by atoms with Crippen LogP contribution < -0.4 is 5.32 Å². The summed E-state index contributed by atoms with van der Waals surface area (Å²) in [6.07, 6.45) is 6.76. The maximum absolute atomic E-state index is 3.58. The first-order valence-corrected chi connectivity index (χ1v) is 8.01. The van der Waals surface area contributed by atoms with E-state index in [0.29, 0.717) is 11.5 Å². The van der Waals surface area contributed by atoms with Crippen LogP contribution in [0.5, 0.6) is 0 Å². The third-order valence-electron chi connectivity index (χ3n) is 5.36. The van der Waals surface area contributed by atoms with E-state index in [1.54, 1.807) is 0 Å². The first kappa shape index (κ1) is 15.3. The summed E-state index contributed by atoms with van der Waals surface area (Å²) in [6, 6.07) is 2.17. The van der Waals surface area contributed by atoms with Crippen molar-refractivity contribution >= 4 is 0 Å². The molecule has 3 unspecified atom stereocenters. The predicted octanol–water partition coefficient (Wildman–Crippen LogP) is 2.18. The molecule has 0 bridgehead atoms. The van der Waals surface area contributed by atoms with Gasteiger partial charge in [-0.3, -0.25) is 4.90 Å². The topological polar surface area (TPSA) is 18.5 Å². The summed E-state index contributed by atoms with van der Waals surface area (Å²) in [4.78, 5) is 5.19. The van der Waals surface area contributed by atoms with Crippen LogP contribution in [0.3, 0.4) is 0 Å². The molecule has 0 aromatic heterocycles. The Balaban J connectivity index is 2.04. The van der Waals surface area contributed by atoms with Crippen molar-refractivity contribution in [3.63, 3.8) is 0 Å². The molecule has 0 amide bonds. The van der Waals surface area contributed by atoms with Gasteiger partial charge in [0.1, 0.15) is 0 Å². The van der Waals surface area contributed by atoms with E-state index in [0.717, 1.165) is 12.1 Å². The van der Waals surface area contributed by atoms with Crippen LogP contribution in [0.15, 0.2) is 0 Å². The van der Waals surface area contributed by atoms with E-state index in [4.69, 9.17) is 0 Å². The molecule has 1 saturated heterocycles. The van der Waals surface area contributed by atoms with E-state index < -0.39 is 0 Å². The average molecular weight is 267 g/mol. The highest BCUT2D eigenvalue weighted by molar-refractivity contribution is 4.96. The molecule has 1 saturated carbocycles. The van der Waals surface area contributed by atoms with Crippen molar-refractivity contribution in [1.29, 1.82) is 0 Å². The minimum Gasteiger partial charge on any atom is -0.315 e. The van der Waals surface area contributed by atoms with Crippen molar-refractivity contribution in [2.24, 2.45) is 5.41 Å². The number of hydrogen-bond acceptors (Lipinski definition) is 3. The molecular weight excluding hydrogens is 234 g/mol. The van der Waals surface area contributed by atoms with Gasteiger partial charge in [-0.15, -0.1) is 0 Å². The number of piperidine rings is 1. The molecule has 0 aromatic carbocycles. The molecule has 3 atom stereocenters. The number of hydrogen-bond donors (Lipinski definition) is 1. The minimum absolute atomic E-state index is 0.517. The van der Waals surface area contributed by atoms with Crippen LogP contribution in [0.2, 0.25) is 0 Å². The SMILES string of the molecule is CNC1CCC(C)(C)CC1N1CCCC(N(C)C)C1. The number of likely N-dealkylation sites (N-methyl/N-ethyl adjacent to an activating group) is 2. The fourth-order valence-electron chi connectivity index (χ4n) is 3.98. The minimum atomic E-state index is 0.517. The Hall–Kier alpha value is -0.120. The van der Waals surface area contributed by atoms with Gasteiger partial charge < -0.3 is 10.2 Å². The van der Waals surface area contributed by atoms with Crippen LogP contribution >= 0.6 is 0 Å². The molecule has 3 nitrogen and oxygen atoms in total. The second-order valence-corrected chi connectivity index (χ2v) is 7.62. The molecule has 0 aromatic rings. The summed E-state index contributed by atoms with van der Waals surface area (Å²) in [5.74, 6) is 0. The van der Waals surface area contributed by atoms with Gasteiger partial charge in [-0.1, -0.05) is 13.8 Å². The Kier molecular flexibility index (Phi) is 4.91. The molecule has 1 aliphatic heterocycles. The predicted molar refractivity (Wildman–Crippen MR) is 82.5 cm³/mol. The summed E-state index contributed by atoms with van der Waals surface area (Å²) < 4.78 is 0. The zero-order valence-electron chi connectivity index (χ0n) is 13.6. The second kappa shape index (κ2) is 6.11. The van der Waals surface area contributed by atoms with Crippen LogP contribution in [0, 0.1) is 5.41 Å². The van der Waals surface area contributed by atoms with Gasteiger partial charge in [0.05, 0.1) is 0 Å². The highest BCUT2D eigenvalue weighted by Gasteiger charge is 2.38. The van der Waals surface area contributed by atoms with Gasteiger partial charge >= 0.3 is 0 Å². The van der Waals surface area contributed by atoms with Crippen molar-refractivity contribution in [3.8, 4) is 0 Å². The molecule has 0 spiro atoms. The molecule has 1 N–H and O–H groups in total. The van der Waals surface area contributed by atoms with Crippen molar-refractivity contribution in [2.45, 2.75) is 64.1 Å². The van der Waals surface area contributed by atoms with Crippen molar-refractivity contribution in [3.05, 3.63) is 0 Å². The van der Waals surface area contributed by atoms with Crippen molar-refractivity contribution in [2.75, 3.05) is 34.2 Å². The third-order valence-corrected chi connectivity index (χ3v) is 5.36. The Morgan fingerprint density at radius 2 is 1.95 bits per heavy atom. The fourth-order valence-corrected chi connectivity index (χ4v) is 3.98. The quantitative estimate of drug-likeness (QED) is 0.845. The second-order valence-electron chi connectivity index (χ2n) is 7.62. The van der Waals surface area contributed by atoms with Gasteiger partial charge in [0.15, 0.2) is 0 Å². The summed E-state index contributed by atoms with van der Waals surface area (Å²) in [5, 5.41) is 3.58.